The quantitative estimate of drug-likeness (QED) is 0.834. The third-order valence-electron chi connectivity index (χ3n) is 3.12. The van der Waals surface area contributed by atoms with Crippen LogP contribution in [0.15, 0.2) is 4.79 Å². The maximum Gasteiger partial charge on any atom is 0.259 e. The maximum atomic E-state index is 12.0. The van der Waals surface area contributed by atoms with Crippen LogP contribution >= 0.6 is 11.3 Å². The molecule has 0 saturated carbocycles. The minimum Gasteiger partial charge on any atom is -0.309 e. The molecule has 1 aliphatic rings. The molecule has 0 aliphatic heterocycles. The summed E-state index contributed by atoms with van der Waals surface area (Å²) >= 11 is 1.61. The lowest BCUT2D eigenvalue weighted by molar-refractivity contribution is 0.700. The van der Waals surface area contributed by atoms with Crippen LogP contribution in [-0.4, -0.2) is 9.97 Å². The molecule has 1 N–H and O–H groups in total. The van der Waals surface area contributed by atoms with Crippen molar-refractivity contribution < 1.29 is 0 Å². The van der Waals surface area contributed by atoms with Gasteiger partial charge in [0.15, 0.2) is 0 Å². The molecule has 0 spiro atoms. The molecule has 17 heavy (non-hydrogen) atoms. The van der Waals surface area contributed by atoms with Crippen molar-refractivity contribution in [3.63, 3.8) is 0 Å². The van der Waals surface area contributed by atoms with Crippen molar-refractivity contribution in [1.82, 2.24) is 9.97 Å². The van der Waals surface area contributed by atoms with Crippen LogP contribution in [0.2, 0.25) is 0 Å². The van der Waals surface area contributed by atoms with Gasteiger partial charge in [-0.25, -0.2) is 4.98 Å². The van der Waals surface area contributed by atoms with Gasteiger partial charge in [0.1, 0.15) is 10.7 Å². The Morgan fingerprint density at radius 3 is 3.06 bits per heavy atom. The van der Waals surface area contributed by atoms with Crippen LogP contribution in [0.1, 0.15) is 29.1 Å². The number of aromatic amines is 1. The van der Waals surface area contributed by atoms with Crippen molar-refractivity contribution in [2.75, 3.05) is 0 Å². The van der Waals surface area contributed by atoms with Crippen LogP contribution < -0.4 is 5.56 Å². The van der Waals surface area contributed by atoms with E-state index >= 15 is 0 Å². The molecule has 0 amide bonds. The van der Waals surface area contributed by atoms with Gasteiger partial charge in [0, 0.05) is 4.88 Å². The van der Waals surface area contributed by atoms with Gasteiger partial charge in [0.2, 0.25) is 0 Å². The largest absolute Gasteiger partial charge is 0.309 e. The number of hydrogen-bond donors (Lipinski definition) is 1. The van der Waals surface area contributed by atoms with E-state index in [-0.39, 0.29) is 12.0 Å². The average molecular weight is 245 g/mol. The lowest BCUT2D eigenvalue weighted by Gasteiger charge is -2.09. The molecule has 0 fully saturated rings. The molecular formula is C12H11N3OS. The zero-order valence-electron chi connectivity index (χ0n) is 9.25. The van der Waals surface area contributed by atoms with E-state index in [1.54, 1.807) is 11.3 Å². The van der Waals surface area contributed by atoms with Gasteiger partial charge in [-0.1, -0.05) is 0 Å². The van der Waals surface area contributed by atoms with Gasteiger partial charge in [0.25, 0.3) is 5.56 Å². The Morgan fingerprint density at radius 2 is 2.24 bits per heavy atom. The number of thiophene rings is 1. The van der Waals surface area contributed by atoms with Gasteiger partial charge in [-0.15, -0.1) is 11.3 Å². The highest BCUT2D eigenvalue weighted by Gasteiger charge is 2.19. The molecule has 5 heteroatoms. The topological polar surface area (TPSA) is 69.5 Å². The molecule has 0 bridgehead atoms. The summed E-state index contributed by atoms with van der Waals surface area (Å²) in [7, 11) is 0. The maximum absolute atomic E-state index is 12.0. The minimum absolute atomic E-state index is 0.0837. The average Bonchev–Trinajstić information content (AvgIpc) is 2.67. The summed E-state index contributed by atoms with van der Waals surface area (Å²) in [6.07, 6.45) is 4.55. The van der Waals surface area contributed by atoms with Crippen LogP contribution in [0.5, 0.6) is 0 Å². The number of rotatable bonds is 1. The number of nitrogens with one attached hydrogen (secondary N) is 1. The lowest BCUT2D eigenvalue weighted by atomic mass is 9.97. The lowest BCUT2D eigenvalue weighted by Crippen LogP contribution is -2.12. The molecular weight excluding hydrogens is 234 g/mol. The zero-order valence-corrected chi connectivity index (χ0v) is 10.1. The van der Waals surface area contributed by atoms with E-state index in [4.69, 9.17) is 5.26 Å². The van der Waals surface area contributed by atoms with Crippen molar-refractivity contribution in [2.45, 2.75) is 32.1 Å². The van der Waals surface area contributed by atoms with E-state index in [1.807, 2.05) is 6.07 Å². The Balaban J connectivity index is 2.28. The Morgan fingerprint density at radius 1 is 1.41 bits per heavy atom. The molecule has 2 aromatic rings. The fourth-order valence-corrected chi connectivity index (χ4v) is 3.65. The third kappa shape index (κ3) is 1.65. The second-order valence-corrected chi connectivity index (χ2v) is 5.32. The van der Waals surface area contributed by atoms with Crippen molar-refractivity contribution in [1.29, 1.82) is 5.26 Å². The highest BCUT2D eigenvalue weighted by atomic mass is 32.1. The highest BCUT2D eigenvalue weighted by Crippen LogP contribution is 2.33. The Kier molecular flexibility index (Phi) is 2.45. The molecule has 3 rings (SSSR count). The molecule has 0 unspecified atom stereocenters. The van der Waals surface area contributed by atoms with Gasteiger partial charge in [-0.05, 0) is 31.2 Å². The number of aryl methyl sites for hydroxylation is 2. The first-order valence-electron chi connectivity index (χ1n) is 5.70. The van der Waals surface area contributed by atoms with Gasteiger partial charge >= 0.3 is 0 Å². The van der Waals surface area contributed by atoms with E-state index in [0.29, 0.717) is 5.82 Å². The van der Waals surface area contributed by atoms with E-state index in [0.717, 1.165) is 29.5 Å². The van der Waals surface area contributed by atoms with Gasteiger partial charge in [-0.3, -0.25) is 4.79 Å². The Hall–Kier alpha value is -1.67. The molecule has 4 nitrogen and oxygen atoms in total. The van der Waals surface area contributed by atoms with Crippen LogP contribution in [0.3, 0.4) is 0 Å². The summed E-state index contributed by atoms with van der Waals surface area (Å²) < 4.78 is 0. The predicted molar refractivity (Wildman–Crippen MR) is 66.2 cm³/mol. The molecule has 0 saturated heterocycles. The summed E-state index contributed by atoms with van der Waals surface area (Å²) in [6, 6.07) is 2.01. The molecule has 2 aromatic heterocycles. The molecule has 0 atom stereocenters. The molecule has 0 aromatic carbocycles. The van der Waals surface area contributed by atoms with E-state index < -0.39 is 0 Å². The van der Waals surface area contributed by atoms with Gasteiger partial charge in [-0.2, -0.15) is 5.26 Å². The van der Waals surface area contributed by atoms with Crippen LogP contribution in [0.25, 0.3) is 10.2 Å². The predicted octanol–water partition coefficient (Wildman–Crippen LogP) is 1.93. The van der Waals surface area contributed by atoms with Gasteiger partial charge in [0.05, 0.1) is 17.9 Å². The summed E-state index contributed by atoms with van der Waals surface area (Å²) in [5, 5.41) is 9.39. The summed E-state index contributed by atoms with van der Waals surface area (Å²) in [6.45, 7) is 0. The Bertz CT molecular complexity index is 677. The van der Waals surface area contributed by atoms with E-state index in [9.17, 15) is 4.79 Å². The third-order valence-corrected chi connectivity index (χ3v) is 4.31. The number of H-pyrrole nitrogens is 1. The summed E-state index contributed by atoms with van der Waals surface area (Å²) in [4.78, 5) is 21.2. The van der Waals surface area contributed by atoms with E-state index in [1.165, 1.54) is 16.9 Å². The monoisotopic (exact) mass is 245 g/mol. The van der Waals surface area contributed by atoms with Crippen molar-refractivity contribution in [2.24, 2.45) is 0 Å². The second kappa shape index (κ2) is 3.97. The SMILES string of the molecule is N#CCc1nc2sc3c(c2c(=O)[nH]1)CCCC3. The van der Waals surface area contributed by atoms with Gasteiger partial charge < -0.3 is 4.98 Å². The minimum atomic E-state index is -0.0837. The number of hydrogen-bond acceptors (Lipinski definition) is 4. The normalized spacial score (nSPS) is 14.5. The van der Waals surface area contributed by atoms with Crippen LogP contribution in [0, 0.1) is 11.3 Å². The zero-order chi connectivity index (χ0) is 11.8. The molecule has 2 heterocycles. The fraction of sp³-hybridized carbons (Fsp3) is 0.417. The van der Waals surface area contributed by atoms with Crippen LogP contribution in [-0.2, 0) is 19.3 Å². The highest BCUT2D eigenvalue weighted by molar-refractivity contribution is 7.18. The number of fused-ring (bicyclic) bond motifs is 3. The van der Waals surface area contributed by atoms with Crippen LogP contribution in [0.4, 0.5) is 0 Å². The first-order valence-corrected chi connectivity index (χ1v) is 6.51. The Labute approximate surface area is 102 Å². The smallest absolute Gasteiger partial charge is 0.259 e. The standard InChI is InChI=1S/C12H11N3OS/c13-6-5-9-14-11(16)10-7-3-1-2-4-8(7)17-12(10)15-9/h1-5H2,(H,14,15,16). The molecule has 86 valence electrons. The fourth-order valence-electron chi connectivity index (χ4n) is 2.37. The molecule has 0 radical (unpaired) electrons. The van der Waals surface area contributed by atoms with Crippen molar-refractivity contribution in [3.05, 3.63) is 26.6 Å². The number of nitriles is 1. The van der Waals surface area contributed by atoms with Crippen molar-refractivity contribution in [3.8, 4) is 6.07 Å². The summed E-state index contributed by atoms with van der Waals surface area (Å²) in [5.74, 6) is 0.476. The first kappa shape index (κ1) is 10.5. The number of nitrogens with zero attached hydrogens (tertiary/aromatic N) is 2. The molecule has 1 aliphatic carbocycles. The summed E-state index contributed by atoms with van der Waals surface area (Å²) in [5.41, 5.74) is 1.10. The van der Waals surface area contributed by atoms with E-state index in [2.05, 4.69) is 9.97 Å². The van der Waals surface area contributed by atoms with Crippen molar-refractivity contribution >= 4 is 21.6 Å². The first-order chi connectivity index (χ1) is 8.29. The second-order valence-electron chi connectivity index (χ2n) is 4.24. The number of aromatic nitrogens is 2.